The van der Waals surface area contributed by atoms with E-state index >= 15 is 0 Å². The standard InChI is InChI=1S/C18H20O2S/c1-14(2)15-6-5-7-16(12-15)20-13-18-10-9-17(21-18)8-3-4-11-19/h5-7,9-10,12,14,19H,4,11,13H2,1-2H3. The van der Waals surface area contributed by atoms with Crippen molar-refractivity contribution in [2.75, 3.05) is 6.61 Å². The van der Waals surface area contributed by atoms with Crippen LogP contribution < -0.4 is 4.74 Å². The first-order valence-electron chi connectivity index (χ1n) is 7.10. The summed E-state index contributed by atoms with van der Waals surface area (Å²) in [5.41, 5.74) is 1.29. The highest BCUT2D eigenvalue weighted by Crippen LogP contribution is 2.22. The van der Waals surface area contributed by atoms with Gasteiger partial charge < -0.3 is 9.84 Å². The highest BCUT2D eigenvalue weighted by atomic mass is 32.1. The second-order valence-corrected chi connectivity index (χ2v) is 6.23. The summed E-state index contributed by atoms with van der Waals surface area (Å²) >= 11 is 1.63. The Hall–Kier alpha value is -1.76. The zero-order valence-corrected chi connectivity index (χ0v) is 13.2. The number of hydrogen-bond donors (Lipinski definition) is 1. The normalized spacial score (nSPS) is 10.3. The number of hydrogen-bond acceptors (Lipinski definition) is 3. The third-order valence-electron chi connectivity index (χ3n) is 3.02. The van der Waals surface area contributed by atoms with Crippen molar-refractivity contribution in [3.05, 3.63) is 51.7 Å². The summed E-state index contributed by atoms with van der Waals surface area (Å²) in [6, 6.07) is 12.3. The topological polar surface area (TPSA) is 29.5 Å². The molecule has 2 rings (SSSR count). The average molecular weight is 300 g/mol. The van der Waals surface area contributed by atoms with Gasteiger partial charge in [0.25, 0.3) is 0 Å². The van der Waals surface area contributed by atoms with Crippen molar-refractivity contribution in [3.8, 4) is 17.6 Å². The molecule has 0 atom stereocenters. The molecule has 21 heavy (non-hydrogen) atoms. The van der Waals surface area contributed by atoms with E-state index < -0.39 is 0 Å². The van der Waals surface area contributed by atoms with Crippen molar-refractivity contribution in [2.45, 2.75) is 32.8 Å². The van der Waals surface area contributed by atoms with Gasteiger partial charge in [-0.1, -0.05) is 37.8 Å². The van der Waals surface area contributed by atoms with Gasteiger partial charge in [-0.25, -0.2) is 0 Å². The minimum atomic E-state index is 0.112. The van der Waals surface area contributed by atoms with E-state index in [-0.39, 0.29) is 6.61 Å². The lowest BCUT2D eigenvalue weighted by Gasteiger charge is -2.09. The van der Waals surface area contributed by atoms with Crippen molar-refractivity contribution in [2.24, 2.45) is 0 Å². The Morgan fingerprint density at radius 1 is 1.24 bits per heavy atom. The molecular formula is C18H20O2S. The smallest absolute Gasteiger partial charge is 0.122 e. The Labute approximate surface area is 130 Å². The molecule has 0 aliphatic heterocycles. The van der Waals surface area contributed by atoms with Gasteiger partial charge in [0.1, 0.15) is 12.4 Å². The predicted molar refractivity (Wildman–Crippen MR) is 87.8 cm³/mol. The first kappa shape index (κ1) is 15.6. The van der Waals surface area contributed by atoms with E-state index in [2.05, 4.69) is 37.8 Å². The minimum Gasteiger partial charge on any atom is -0.488 e. The van der Waals surface area contributed by atoms with Crippen molar-refractivity contribution in [1.82, 2.24) is 0 Å². The lowest BCUT2D eigenvalue weighted by atomic mass is 10.0. The Kier molecular flexibility index (Phi) is 5.86. The van der Waals surface area contributed by atoms with Crippen LogP contribution in [0.2, 0.25) is 0 Å². The molecule has 110 valence electrons. The SMILES string of the molecule is CC(C)c1cccc(OCc2ccc(C#CCCO)s2)c1. The maximum Gasteiger partial charge on any atom is 0.122 e. The first-order chi connectivity index (χ1) is 10.2. The molecule has 3 heteroatoms. The van der Waals surface area contributed by atoms with Crippen molar-refractivity contribution in [1.29, 1.82) is 0 Å². The van der Waals surface area contributed by atoms with Crippen molar-refractivity contribution in [3.63, 3.8) is 0 Å². The third kappa shape index (κ3) is 4.93. The zero-order valence-electron chi connectivity index (χ0n) is 12.4. The van der Waals surface area contributed by atoms with Gasteiger partial charge in [-0.3, -0.25) is 0 Å². The van der Waals surface area contributed by atoms with Crippen LogP contribution >= 0.6 is 11.3 Å². The van der Waals surface area contributed by atoms with Crippen LogP contribution in [0, 0.1) is 11.8 Å². The summed E-state index contributed by atoms with van der Waals surface area (Å²) in [5, 5.41) is 8.70. The van der Waals surface area contributed by atoms with Crippen LogP contribution in [0.4, 0.5) is 0 Å². The average Bonchev–Trinajstić information content (AvgIpc) is 2.94. The molecule has 1 N–H and O–H groups in total. The maximum absolute atomic E-state index is 8.70. The van der Waals surface area contributed by atoms with E-state index in [1.165, 1.54) is 5.56 Å². The highest BCUT2D eigenvalue weighted by Gasteiger charge is 2.03. The zero-order chi connectivity index (χ0) is 15.1. The number of benzene rings is 1. The van der Waals surface area contributed by atoms with Gasteiger partial charge in [0, 0.05) is 11.3 Å². The monoisotopic (exact) mass is 300 g/mol. The largest absolute Gasteiger partial charge is 0.488 e. The number of rotatable bonds is 5. The fourth-order valence-electron chi connectivity index (χ4n) is 1.85. The van der Waals surface area contributed by atoms with E-state index in [1.807, 2.05) is 24.3 Å². The van der Waals surface area contributed by atoms with E-state index in [4.69, 9.17) is 9.84 Å². The number of aliphatic hydroxyl groups excluding tert-OH is 1. The predicted octanol–water partition coefficient (Wildman–Crippen LogP) is 4.18. The van der Waals surface area contributed by atoms with Crippen LogP contribution in [0.15, 0.2) is 36.4 Å². The van der Waals surface area contributed by atoms with E-state index in [9.17, 15) is 0 Å². The van der Waals surface area contributed by atoms with E-state index in [0.717, 1.165) is 15.5 Å². The molecule has 1 aromatic heterocycles. The molecule has 0 spiro atoms. The van der Waals surface area contributed by atoms with E-state index in [1.54, 1.807) is 11.3 Å². The molecule has 2 aromatic rings. The van der Waals surface area contributed by atoms with E-state index in [0.29, 0.717) is 18.9 Å². The molecule has 0 aliphatic carbocycles. The number of aliphatic hydroxyl groups is 1. The summed E-state index contributed by atoms with van der Waals surface area (Å²) in [6.45, 7) is 5.03. The Morgan fingerprint density at radius 2 is 2.10 bits per heavy atom. The third-order valence-corrected chi connectivity index (χ3v) is 3.99. The van der Waals surface area contributed by atoms with Crippen LogP contribution in [0.5, 0.6) is 5.75 Å². The minimum absolute atomic E-state index is 0.112. The fraction of sp³-hybridized carbons (Fsp3) is 0.333. The summed E-state index contributed by atoms with van der Waals surface area (Å²) in [5.74, 6) is 7.38. The first-order valence-corrected chi connectivity index (χ1v) is 7.92. The van der Waals surface area contributed by atoms with Gasteiger partial charge in [0.15, 0.2) is 0 Å². The Balaban J connectivity index is 1.94. The van der Waals surface area contributed by atoms with Gasteiger partial charge in [0.05, 0.1) is 11.5 Å². The second-order valence-electron chi connectivity index (χ2n) is 5.06. The molecule has 1 heterocycles. The summed E-state index contributed by atoms with van der Waals surface area (Å²) in [7, 11) is 0. The Bertz CT molecular complexity index is 632. The van der Waals surface area contributed by atoms with Crippen LogP contribution in [0.25, 0.3) is 0 Å². The molecule has 0 saturated carbocycles. The summed E-state index contributed by atoms with van der Waals surface area (Å²) < 4.78 is 5.84. The van der Waals surface area contributed by atoms with Crippen molar-refractivity contribution >= 4 is 11.3 Å². The van der Waals surface area contributed by atoms with Crippen molar-refractivity contribution < 1.29 is 9.84 Å². The molecule has 0 unspecified atom stereocenters. The van der Waals surface area contributed by atoms with Crippen LogP contribution in [0.3, 0.4) is 0 Å². The molecule has 0 saturated heterocycles. The summed E-state index contributed by atoms with van der Waals surface area (Å²) in [6.07, 6.45) is 0.520. The van der Waals surface area contributed by atoms with Gasteiger partial charge in [-0.2, -0.15) is 0 Å². The molecular weight excluding hydrogens is 280 g/mol. The lowest BCUT2D eigenvalue weighted by molar-refractivity contribution is 0.305. The number of ether oxygens (including phenoxy) is 1. The highest BCUT2D eigenvalue weighted by molar-refractivity contribution is 7.12. The molecule has 0 bridgehead atoms. The quantitative estimate of drug-likeness (QED) is 0.839. The molecule has 0 amide bonds. The molecule has 0 fully saturated rings. The second kappa shape index (κ2) is 7.87. The Morgan fingerprint density at radius 3 is 2.86 bits per heavy atom. The lowest BCUT2D eigenvalue weighted by Crippen LogP contribution is -1.94. The van der Waals surface area contributed by atoms with Crippen LogP contribution in [-0.2, 0) is 6.61 Å². The van der Waals surface area contributed by atoms with Gasteiger partial charge >= 0.3 is 0 Å². The fourth-order valence-corrected chi connectivity index (χ4v) is 2.64. The van der Waals surface area contributed by atoms with Gasteiger partial charge in [0.2, 0.25) is 0 Å². The summed E-state index contributed by atoms with van der Waals surface area (Å²) in [4.78, 5) is 2.16. The number of thiophene rings is 1. The molecule has 0 radical (unpaired) electrons. The molecule has 2 nitrogen and oxygen atoms in total. The maximum atomic E-state index is 8.70. The molecule has 0 aliphatic rings. The van der Waals surface area contributed by atoms with Gasteiger partial charge in [-0.05, 0) is 35.7 Å². The van der Waals surface area contributed by atoms with Gasteiger partial charge in [-0.15, -0.1) is 11.3 Å². The van der Waals surface area contributed by atoms with Crippen LogP contribution in [0.1, 0.15) is 41.5 Å². The van der Waals surface area contributed by atoms with Crippen LogP contribution in [-0.4, -0.2) is 11.7 Å². The molecule has 1 aromatic carbocycles.